The lowest BCUT2D eigenvalue weighted by atomic mass is 10.2. The number of nitrogens with one attached hydrogen (secondary N) is 2. The maximum atomic E-state index is 11.5. The van der Waals surface area contributed by atoms with Crippen molar-refractivity contribution >= 4 is 21.8 Å². The molecule has 1 aliphatic rings. The van der Waals surface area contributed by atoms with Crippen molar-refractivity contribution in [2.75, 3.05) is 13.2 Å². The molecule has 4 nitrogen and oxygen atoms in total. The molecule has 1 fully saturated rings. The topological polar surface area (TPSA) is 50.4 Å². The first-order chi connectivity index (χ1) is 9.70. The largest absolute Gasteiger partial charge is 0.482 e. The summed E-state index contributed by atoms with van der Waals surface area (Å²) in [4.78, 5) is 11.5. The maximum Gasteiger partial charge on any atom is 0.258 e. The van der Waals surface area contributed by atoms with Gasteiger partial charge in [0, 0.05) is 18.2 Å². The monoisotopic (exact) mass is 336 g/mol. The van der Waals surface area contributed by atoms with Crippen molar-refractivity contribution in [3.8, 4) is 18.1 Å². The highest BCUT2D eigenvalue weighted by atomic mass is 79.9. The van der Waals surface area contributed by atoms with Crippen molar-refractivity contribution in [2.45, 2.75) is 25.4 Å². The fraction of sp³-hybridized carbons (Fsp3) is 0.400. The predicted octanol–water partition coefficient (Wildman–Crippen LogP) is 1.83. The van der Waals surface area contributed by atoms with E-state index in [-0.39, 0.29) is 19.1 Å². The Hall–Kier alpha value is -1.51. The van der Waals surface area contributed by atoms with Crippen LogP contribution < -0.4 is 15.4 Å². The molecule has 1 amide bonds. The Morgan fingerprint density at radius 2 is 2.30 bits per heavy atom. The first-order valence-corrected chi connectivity index (χ1v) is 7.33. The second kappa shape index (κ2) is 7.32. The van der Waals surface area contributed by atoms with Crippen LogP contribution in [0, 0.1) is 12.3 Å². The minimum absolute atomic E-state index is 0.0410. The molecule has 1 saturated carbocycles. The van der Waals surface area contributed by atoms with Gasteiger partial charge in [-0.3, -0.25) is 4.79 Å². The fourth-order valence-corrected chi connectivity index (χ4v) is 2.26. The highest BCUT2D eigenvalue weighted by Crippen LogP contribution is 2.30. The van der Waals surface area contributed by atoms with Gasteiger partial charge in [-0.1, -0.05) is 18.1 Å². The Morgan fingerprint density at radius 1 is 1.50 bits per heavy atom. The van der Waals surface area contributed by atoms with Gasteiger partial charge in [-0.2, -0.15) is 0 Å². The van der Waals surface area contributed by atoms with Gasteiger partial charge in [-0.25, -0.2) is 0 Å². The van der Waals surface area contributed by atoms with E-state index in [0.29, 0.717) is 11.8 Å². The summed E-state index contributed by atoms with van der Waals surface area (Å²) in [5.41, 5.74) is 1.04. The zero-order chi connectivity index (χ0) is 14.4. The Kier molecular flexibility index (Phi) is 5.45. The van der Waals surface area contributed by atoms with E-state index in [9.17, 15) is 4.79 Å². The van der Waals surface area contributed by atoms with Crippen molar-refractivity contribution in [3.63, 3.8) is 0 Å². The summed E-state index contributed by atoms with van der Waals surface area (Å²) in [7, 11) is 0. The third-order valence-corrected chi connectivity index (χ3v) is 3.57. The molecular weight excluding hydrogens is 320 g/mol. The summed E-state index contributed by atoms with van der Waals surface area (Å²) in [6.07, 6.45) is 7.55. The molecule has 1 aromatic rings. The number of halogens is 1. The summed E-state index contributed by atoms with van der Waals surface area (Å²) in [5.74, 6) is 2.84. The second-order valence-corrected chi connectivity index (χ2v) is 5.51. The number of para-hydroxylation sites is 1. The summed E-state index contributed by atoms with van der Waals surface area (Å²) in [5, 5.41) is 6.01. The number of hydrogen-bond donors (Lipinski definition) is 2. The molecule has 0 unspecified atom stereocenters. The number of hydrogen-bond acceptors (Lipinski definition) is 3. The highest BCUT2D eigenvalue weighted by Gasteiger charge is 2.21. The van der Waals surface area contributed by atoms with Crippen LogP contribution in [-0.4, -0.2) is 25.1 Å². The van der Waals surface area contributed by atoms with Crippen molar-refractivity contribution in [2.24, 2.45) is 0 Å². The van der Waals surface area contributed by atoms with Gasteiger partial charge < -0.3 is 15.4 Å². The number of ether oxygens (including phenoxy) is 1. The number of rotatable bonds is 7. The van der Waals surface area contributed by atoms with Crippen LogP contribution in [0.5, 0.6) is 5.75 Å². The summed E-state index contributed by atoms with van der Waals surface area (Å²) < 4.78 is 6.46. The van der Waals surface area contributed by atoms with Crippen LogP contribution in [0.4, 0.5) is 0 Å². The number of terminal acetylenes is 1. The third-order valence-electron chi connectivity index (χ3n) is 2.94. The molecule has 0 radical (unpaired) electrons. The lowest BCUT2D eigenvalue weighted by Crippen LogP contribution is -2.29. The van der Waals surface area contributed by atoms with Crippen molar-refractivity contribution in [3.05, 3.63) is 28.2 Å². The first kappa shape index (κ1) is 14.9. The standard InChI is InChI=1S/C15H17BrN2O2/c1-2-8-17-14(19)10-20-15-11(4-3-5-13(15)16)9-18-12-6-7-12/h1,3-5,12,18H,6-10H2,(H,17,19). The van der Waals surface area contributed by atoms with Gasteiger partial charge in [0.2, 0.25) is 0 Å². The zero-order valence-corrected chi connectivity index (χ0v) is 12.7. The van der Waals surface area contributed by atoms with E-state index in [4.69, 9.17) is 11.2 Å². The van der Waals surface area contributed by atoms with Crippen LogP contribution in [0.25, 0.3) is 0 Å². The van der Waals surface area contributed by atoms with E-state index in [1.165, 1.54) is 12.8 Å². The van der Waals surface area contributed by atoms with Crippen LogP contribution >= 0.6 is 15.9 Å². The first-order valence-electron chi connectivity index (χ1n) is 6.54. The van der Waals surface area contributed by atoms with Gasteiger partial charge in [0.15, 0.2) is 6.61 Å². The zero-order valence-electron chi connectivity index (χ0n) is 11.1. The van der Waals surface area contributed by atoms with E-state index >= 15 is 0 Å². The predicted molar refractivity (Wildman–Crippen MR) is 81.3 cm³/mol. The molecule has 0 heterocycles. The summed E-state index contributed by atoms with van der Waals surface area (Å²) in [6, 6.07) is 6.48. The molecule has 20 heavy (non-hydrogen) atoms. The molecule has 0 atom stereocenters. The van der Waals surface area contributed by atoms with E-state index in [2.05, 4.69) is 32.5 Å². The smallest absolute Gasteiger partial charge is 0.258 e. The molecule has 2 N–H and O–H groups in total. The van der Waals surface area contributed by atoms with Gasteiger partial charge in [0.1, 0.15) is 5.75 Å². The van der Waals surface area contributed by atoms with Crippen LogP contribution in [0.3, 0.4) is 0 Å². The number of amides is 1. The third kappa shape index (κ3) is 4.55. The summed E-state index contributed by atoms with van der Waals surface area (Å²) >= 11 is 3.46. The Labute approximate surface area is 127 Å². The quantitative estimate of drug-likeness (QED) is 0.747. The molecule has 5 heteroatoms. The van der Waals surface area contributed by atoms with E-state index in [1.54, 1.807) is 0 Å². The van der Waals surface area contributed by atoms with Crippen molar-refractivity contribution in [1.82, 2.24) is 10.6 Å². The Bertz CT molecular complexity index is 521. The van der Waals surface area contributed by atoms with Crippen LogP contribution in [-0.2, 0) is 11.3 Å². The SMILES string of the molecule is C#CCNC(=O)COc1c(Br)cccc1CNC1CC1. The van der Waals surface area contributed by atoms with Gasteiger partial charge in [0.25, 0.3) is 5.91 Å². The van der Waals surface area contributed by atoms with Crippen molar-refractivity contribution < 1.29 is 9.53 Å². The molecule has 0 aliphatic heterocycles. The maximum absolute atomic E-state index is 11.5. The molecule has 0 aromatic heterocycles. The van der Waals surface area contributed by atoms with Crippen LogP contribution in [0.2, 0.25) is 0 Å². The highest BCUT2D eigenvalue weighted by molar-refractivity contribution is 9.10. The van der Waals surface area contributed by atoms with E-state index in [0.717, 1.165) is 16.6 Å². The van der Waals surface area contributed by atoms with E-state index < -0.39 is 0 Å². The molecule has 106 valence electrons. The average Bonchev–Trinajstić information content (AvgIpc) is 3.26. The average molecular weight is 337 g/mol. The number of carbonyl (C=O) groups excluding carboxylic acids is 1. The molecule has 1 aliphatic carbocycles. The molecule has 0 bridgehead atoms. The van der Waals surface area contributed by atoms with Crippen LogP contribution in [0.1, 0.15) is 18.4 Å². The van der Waals surface area contributed by atoms with Gasteiger partial charge in [-0.05, 0) is 34.8 Å². The number of carbonyl (C=O) groups is 1. The minimum Gasteiger partial charge on any atom is -0.482 e. The molecular formula is C15H17BrN2O2. The molecule has 1 aromatic carbocycles. The van der Waals surface area contributed by atoms with Crippen LogP contribution in [0.15, 0.2) is 22.7 Å². The van der Waals surface area contributed by atoms with E-state index in [1.807, 2.05) is 18.2 Å². The molecule has 2 rings (SSSR count). The minimum atomic E-state index is -0.222. The second-order valence-electron chi connectivity index (χ2n) is 4.65. The molecule has 0 saturated heterocycles. The Balaban J connectivity index is 1.94. The Morgan fingerprint density at radius 3 is 3.00 bits per heavy atom. The summed E-state index contributed by atoms with van der Waals surface area (Å²) in [6.45, 7) is 0.917. The normalized spacial score (nSPS) is 13.6. The van der Waals surface area contributed by atoms with Gasteiger partial charge in [0.05, 0.1) is 11.0 Å². The lowest BCUT2D eigenvalue weighted by Gasteiger charge is -2.13. The number of benzene rings is 1. The van der Waals surface area contributed by atoms with Gasteiger partial charge >= 0.3 is 0 Å². The lowest BCUT2D eigenvalue weighted by molar-refractivity contribution is -0.122. The molecule has 0 spiro atoms. The fourth-order valence-electron chi connectivity index (χ4n) is 1.73. The van der Waals surface area contributed by atoms with Gasteiger partial charge in [-0.15, -0.1) is 6.42 Å². The van der Waals surface area contributed by atoms with Crippen molar-refractivity contribution in [1.29, 1.82) is 0 Å².